The second-order valence-electron chi connectivity index (χ2n) is 6.15. The van der Waals surface area contributed by atoms with Crippen LogP contribution >= 0.6 is 0 Å². The van der Waals surface area contributed by atoms with E-state index in [0.29, 0.717) is 36.8 Å². The van der Waals surface area contributed by atoms with E-state index in [-0.39, 0.29) is 30.0 Å². The van der Waals surface area contributed by atoms with Gasteiger partial charge < -0.3 is 25.2 Å². The van der Waals surface area contributed by atoms with E-state index in [4.69, 9.17) is 9.47 Å². The number of guanidine groups is 1. The first-order valence-corrected chi connectivity index (χ1v) is 9.36. The zero-order valence-corrected chi connectivity index (χ0v) is 16.5. The molecule has 0 saturated carbocycles. The first-order chi connectivity index (χ1) is 13.6. The lowest BCUT2D eigenvalue weighted by atomic mass is 10.2. The maximum atomic E-state index is 13.8. The van der Waals surface area contributed by atoms with E-state index in [1.54, 1.807) is 43.5 Å². The van der Waals surface area contributed by atoms with Crippen molar-refractivity contribution in [1.29, 1.82) is 0 Å². The van der Waals surface area contributed by atoms with E-state index in [2.05, 4.69) is 15.6 Å². The zero-order valence-electron chi connectivity index (χ0n) is 16.5. The van der Waals surface area contributed by atoms with Crippen LogP contribution < -0.4 is 20.1 Å². The van der Waals surface area contributed by atoms with Crippen molar-refractivity contribution in [2.75, 3.05) is 20.2 Å². The molecule has 0 fully saturated rings. The van der Waals surface area contributed by atoms with Gasteiger partial charge in [0, 0.05) is 12.1 Å². The maximum Gasteiger partial charge on any atom is 0.191 e. The molecule has 0 aliphatic heterocycles. The highest BCUT2D eigenvalue weighted by Gasteiger charge is 2.12. The van der Waals surface area contributed by atoms with Crippen LogP contribution in [0.25, 0.3) is 0 Å². The summed E-state index contributed by atoms with van der Waals surface area (Å²) in [5.74, 6) is 1.26. The van der Waals surface area contributed by atoms with E-state index >= 15 is 0 Å². The van der Waals surface area contributed by atoms with Crippen LogP contribution in [0.4, 0.5) is 4.39 Å². The summed E-state index contributed by atoms with van der Waals surface area (Å²) in [7, 11) is 1.57. The Balaban J connectivity index is 2.01. The summed E-state index contributed by atoms with van der Waals surface area (Å²) in [5.41, 5.74) is 0.659. The Morgan fingerprint density at radius 3 is 2.64 bits per heavy atom. The molecular formula is C21H28FN3O3. The predicted molar refractivity (Wildman–Crippen MR) is 109 cm³/mol. The minimum Gasteiger partial charge on any atom is -0.508 e. The van der Waals surface area contributed by atoms with Crippen molar-refractivity contribution in [2.45, 2.75) is 32.9 Å². The number of ether oxygens (including phenoxy) is 2. The lowest BCUT2D eigenvalue weighted by Gasteiger charge is -2.20. The lowest BCUT2D eigenvalue weighted by Crippen LogP contribution is -2.42. The second kappa shape index (κ2) is 11.0. The molecule has 0 amide bonds. The Bertz CT molecular complexity index is 783. The fourth-order valence-electron chi connectivity index (χ4n) is 2.52. The molecule has 0 aromatic heterocycles. The molecule has 2 aromatic rings. The summed E-state index contributed by atoms with van der Waals surface area (Å²) in [5, 5.41) is 16.4. The largest absolute Gasteiger partial charge is 0.508 e. The Kier molecular flexibility index (Phi) is 8.39. The number of aliphatic imine (C=N–C) groups is 1. The average molecular weight is 389 g/mol. The van der Waals surface area contributed by atoms with Crippen molar-refractivity contribution in [1.82, 2.24) is 10.6 Å². The first kappa shape index (κ1) is 21.3. The van der Waals surface area contributed by atoms with Gasteiger partial charge in [0.25, 0.3) is 0 Å². The van der Waals surface area contributed by atoms with Crippen molar-refractivity contribution in [3.63, 3.8) is 0 Å². The summed E-state index contributed by atoms with van der Waals surface area (Å²) in [6, 6.07) is 11.4. The minimum absolute atomic E-state index is 0.162. The van der Waals surface area contributed by atoms with Gasteiger partial charge in [0.15, 0.2) is 17.5 Å². The Hall–Kier alpha value is -2.96. The van der Waals surface area contributed by atoms with Crippen molar-refractivity contribution in [3.8, 4) is 17.2 Å². The average Bonchev–Trinajstić information content (AvgIpc) is 2.71. The van der Waals surface area contributed by atoms with Crippen LogP contribution in [-0.4, -0.2) is 37.4 Å². The monoisotopic (exact) mass is 389 g/mol. The normalized spacial score (nSPS) is 12.4. The smallest absolute Gasteiger partial charge is 0.191 e. The van der Waals surface area contributed by atoms with Gasteiger partial charge in [-0.3, -0.25) is 0 Å². The van der Waals surface area contributed by atoms with Crippen LogP contribution in [0.5, 0.6) is 17.2 Å². The number of phenols is 1. The number of hydrogen-bond acceptors (Lipinski definition) is 4. The quantitative estimate of drug-likeness (QED) is 0.452. The van der Waals surface area contributed by atoms with E-state index < -0.39 is 0 Å². The van der Waals surface area contributed by atoms with Gasteiger partial charge >= 0.3 is 0 Å². The lowest BCUT2D eigenvalue weighted by molar-refractivity contribution is 0.191. The van der Waals surface area contributed by atoms with Gasteiger partial charge in [-0.25, -0.2) is 9.38 Å². The first-order valence-electron chi connectivity index (χ1n) is 9.36. The fourth-order valence-corrected chi connectivity index (χ4v) is 2.52. The van der Waals surface area contributed by atoms with Crippen LogP contribution in [0.2, 0.25) is 0 Å². The summed E-state index contributed by atoms with van der Waals surface area (Å²) in [6.45, 7) is 5.36. The minimum atomic E-state index is -0.380. The van der Waals surface area contributed by atoms with Crippen molar-refractivity contribution >= 4 is 5.96 Å². The highest BCUT2D eigenvalue weighted by Crippen LogP contribution is 2.23. The molecule has 0 bridgehead atoms. The molecule has 0 saturated heterocycles. The SMILES string of the molecule is CCNC(=NCc1cc(OC)ccc1O)NCC(CC)Oc1ccccc1F. The number of para-hydroxylation sites is 1. The number of aromatic hydroxyl groups is 1. The van der Waals surface area contributed by atoms with Crippen molar-refractivity contribution in [3.05, 3.63) is 53.8 Å². The standard InChI is InChI=1S/C21H28FN3O3/c1-4-16(28-20-9-7-6-8-18(20)22)14-25-21(23-5-2)24-13-15-12-17(27-3)10-11-19(15)26/h6-12,16,26H,4-5,13-14H2,1-3H3,(H2,23,24,25). The molecule has 0 aliphatic rings. The number of nitrogens with one attached hydrogen (secondary N) is 2. The van der Waals surface area contributed by atoms with Gasteiger partial charge in [0.1, 0.15) is 17.6 Å². The van der Waals surface area contributed by atoms with E-state index in [9.17, 15) is 9.50 Å². The topological polar surface area (TPSA) is 75.1 Å². The molecule has 0 aliphatic carbocycles. The van der Waals surface area contributed by atoms with Gasteiger partial charge in [0.2, 0.25) is 0 Å². The number of benzene rings is 2. The molecule has 6 nitrogen and oxygen atoms in total. The van der Waals surface area contributed by atoms with Crippen molar-refractivity contribution in [2.24, 2.45) is 4.99 Å². The molecule has 152 valence electrons. The van der Waals surface area contributed by atoms with E-state index in [0.717, 1.165) is 0 Å². The van der Waals surface area contributed by atoms with Gasteiger partial charge in [-0.05, 0) is 43.7 Å². The van der Waals surface area contributed by atoms with Crippen LogP contribution in [0.1, 0.15) is 25.8 Å². The summed E-state index contributed by atoms with van der Waals surface area (Å²) in [4.78, 5) is 4.50. The molecule has 28 heavy (non-hydrogen) atoms. The third kappa shape index (κ3) is 6.33. The zero-order chi connectivity index (χ0) is 20.4. The van der Waals surface area contributed by atoms with Gasteiger partial charge in [-0.15, -0.1) is 0 Å². The molecule has 2 aromatic carbocycles. The molecule has 1 unspecified atom stereocenters. The van der Waals surface area contributed by atoms with Crippen molar-refractivity contribution < 1.29 is 19.0 Å². The highest BCUT2D eigenvalue weighted by atomic mass is 19.1. The summed E-state index contributed by atoms with van der Waals surface area (Å²) >= 11 is 0. The van der Waals surface area contributed by atoms with Crippen LogP contribution in [0, 0.1) is 5.82 Å². The summed E-state index contributed by atoms with van der Waals surface area (Å²) < 4.78 is 24.7. The maximum absolute atomic E-state index is 13.8. The summed E-state index contributed by atoms with van der Waals surface area (Å²) in [6.07, 6.45) is 0.489. The van der Waals surface area contributed by atoms with Crippen LogP contribution in [0.15, 0.2) is 47.5 Å². The van der Waals surface area contributed by atoms with E-state index in [1.165, 1.54) is 6.07 Å². The molecule has 0 radical (unpaired) electrons. The molecule has 0 spiro atoms. The van der Waals surface area contributed by atoms with Gasteiger partial charge in [-0.1, -0.05) is 19.1 Å². The third-order valence-electron chi connectivity index (χ3n) is 4.12. The number of hydrogen-bond donors (Lipinski definition) is 3. The number of phenolic OH excluding ortho intramolecular Hbond substituents is 1. The predicted octanol–water partition coefficient (Wildman–Crippen LogP) is 3.45. The van der Waals surface area contributed by atoms with Crippen LogP contribution in [0.3, 0.4) is 0 Å². The highest BCUT2D eigenvalue weighted by molar-refractivity contribution is 5.79. The number of methoxy groups -OCH3 is 1. The molecule has 7 heteroatoms. The van der Waals surface area contributed by atoms with Gasteiger partial charge in [0.05, 0.1) is 20.2 Å². The Labute approximate surface area is 165 Å². The fraction of sp³-hybridized carbons (Fsp3) is 0.381. The molecule has 2 rings (SSSR count). The molecule has 0 heterocycles. The van der Waals surface area contributed by atoms with E-state index in [1.807, 2.05) is 13.8 Å². The number of nitrogens with zero attached hydrogens (tertiary/aromatic N) is 1. The third-order valence-corrected chi connectivity index (χ3v) is 4.12. The van der Waals surface area contributed by atoms with Crippen LogP contribution in [-0.2, 0) is 6.54 Å². The van der Waals surface area contributed by atoms with Gasteiger partial charge in [-0.2, -0.15) is 0 Å². The Morgan fingerprint density at radius 1 is 1.18 bits per heavy atom. The molecule has 3 N–H and O–H groups in total. The second-order valence-corrected chi connectivity index (χ2v) is 6.15. The number of halogens is 1. The Morgan fingerprint density at radius 2 is 1.96 bits per heavy atom. The number of rotatable bonds is 9. The molecular weight excluding hydrogens is 361 g/mol. The molecule has 1 atom stereocenters.